The van der Waals surface area contributed by atoms with E-state index in [4.69, 9.17) is 4.74 Å². The number of hydrogen-bond acceptors (Lipinski definition) is 3. The first-order valence-electron chi connectivity index (χ1n) is 5.14. The van der Waals surface area contributed by atoms with Gasteiger partial charge in [0.1, 0.15) is 0 Å². The minimum atomic E-state index is 0.310. The van der Waals surface area contributed by atoms with Crippen molar-refractivity contribution in [2.24, 2.45) is 5.41 Å². The Morgan fingerprint density at radius 2 is 2.08 bits per heavy atom. The second-order valence-corrected chi connectivity index (χ2v) is 4.86. The van der Waals surface area contributed by atoms with Crippen molar-refractivity contribution < 1.29 is 4.74 Å². The molecule has 0 radical (unpaired) electrons. The van der Waals surface area contributed by atoms with E-state index in [-0.39, 0.29) is 0 Å². The van der Waals surface area contributed by atoms with Gasteiger partial charge in [0, 0.05) is 37.7 Å². The van der Waals surface area contributed by atoms with Gasteiger partial charge in [-0.2, -0.15) is 0 Å². The Bertz CT molecular complexity index is 189. The predicted molar refractivity (Wildman–Crippen MR) is 52.8 cm³/mol. The van der Waals surface area contributed by atoms with Crippen LogP contribution < -0.4 is 10.6 Å². The maximum atomic E-state index is 5.41. The van der Waals surface area contributed by atoms with Gasteiger partial charge >= 0.3 is 0 Å². The highest BCUT2D eigenvalue weighted by Gasteiger charge is 2.49. The topological polar surface area (TPSA) is 33.3 Å². The summed E-state index contributed by atoms with van der Waals surface area (Å²) in [6, 6.07) is 1.34. The van der Waals surface area contributed by atoms with E-state index in [9.17, 15) is 0 Å². The molecule has 0 aromatic heterocycles. The van der Waals surface area contributed by atoms with E-state index in [2.05, 4.69) is 24.5 Å². The second kappa shape index (κ2) is 3.23. The molecule has 1 aliphatic carbocycles. The smallest absolute Gasteiger partial charge is 0.0652 e. The van der Waals surface area contributed by atoms with Crippen LogP contribution in [0.5, 0.6) is 0 Å². The normalized spacial score (nSPS) is 38.1. The lowest BCUT2D eigenvalue weighted by Gasteiger charge is -2.53. The summed E-state index contributed by atoms with van der Waals surface area (Å²) in [5.41, 5.74) is 0.310. The van der Waals surface area contributed by atoms with Crippen LogP contribution in [-0.2, 0) is 4.74 Å². The minimum Gasteiger partial charge on any atom is -0.381 e. The molecule has 3 heteroatoms. The van der Waals surface area contributed by atoms with E-state index < -0.39 is 0 Å². The van der Waals surface area contributed by atoms with E-state index in [1.54, 1.807) is 0 Å². The van der Waals surface area contributed by atoms with Crippen molar-refractivity contribution in [2.45, 2.75) is 38.5 Å². The molecule has 3 nitrogen and oxygen atoms in total. The zero-order valence-electron chi connectivity index (χ0n) is 8.76. The van der Waals surface area contributed by atoms with Crippen LogP contribution in [0.1, 0.15) is 20.3 Å². The minimum absolute atomic E-state index is 0.310. The second-order valence-electron chi connectivity index (χ2n) is 4.86. The SMILES string of the molecule is COC1CC(NC2CNC2)C1(C)C. The van der Waals surface area contributed by atoms with Gasteiger partial charge in [-0.3, -0.25) is 0 Å². The summed E-state index contributed by atoms with van der Waals surface area (Å²) in [4.78, 5) is 0. The van der Waals surface area contributed by atoms with E-state index in [0.29, 0.717) is 23.6 Å². The Labute approximate surface area is 80.2 Å². The van der Waals surface area contributed by atoms with Crippen molar-refractivity contribution in [1.29, 1.82) is 0 Å². The Hall–Kier alpha value is -0.120. The van der Waals surface area contributed by atoms with Gasteiger partial charge in [0.15, 0.2) is 0 Å². The molecular weight excluding hydrogens is 164 g/mol. The maximum Gasteiger partial charge on any atom is 0.0652 e. The third-order valence-corrected chi connectivity index (χ3v) is 3.68. The summed E-state index contributed by atoms with van der Waals surface area (Å²) in [5.74, 6) is 0. The summed E-state index contributed by atoms with van der Waals surface area (Å²) in [6.07, 6.45) is 1.61. The van der Waals surface area contributed by atoms with Crippen molar-refractivity contribution in [3.05, 3.63) is 0 Å². The van der Waals surface area contributed by atoms with E-state index in [1.165, 1.54) is 6.42 Å². The zero-order valence-corrected chi connectivity index (χ0v) is 8.76. The Morgan fingerprint density at radius 3 is 2.46 bits per heavy atom. The summed E-state index contributed by atoms with van der Waals surface area (Å²) in [7, 11) is 1.81. The molecule has 2 fully saturated rings. The molecule has 1 saturated heterocycles. The molecule has 76 valence electrons. The van der Waals surface area contributed by atoms with Crippen molar-refractivity contribution in [3.8, 4) is 0 Å². The van der Waals surface area contributed by atoms with E-state index >= 15 is 0 Å². The van der Waals surface area contributed by atoms with Crippen LogP contribution >= 0.6 is 0 Å². The predicted octanol–water partition coefficient (Wildman–Crippen LogP) is 0.361. The zero-order chi connectivity index (χ0) is 9.47. The first-order chi connectivity index (χ1) is 6.14. The Morgan fingerprint density at radius 1 is 1.38 bits per heavy atom. The molecule has 0 aromatic rings. The molecule has 0 aromatic carbocycles. The summed E-state index contributed by atoms with van der Waals surface area (Å²) < 4.78 is 5.41. The van der Waals surface area contributed by atoms with Gasteiger partial charge in [-0.25, -0.2) is 0 Å². The van der Waals surface area contributed by atoms with Crippen LogP contribution in [0, 0.1) is 5.41 Å². The Kier molecular flexibility index (Phi) is 2.34. The lowest BCUT2D eigenvalue weighted by Crippen LogP contribution is -2.67. The highest BCUT2D eigenvalue weighted by Crippen LogP contribution is 2.42. The van der Waals surface area contributed by atoms with Crippen LogP contribution in [0.2, 0.25) is 0 Å². The van der Waals surface area contributed by atoms with Crippen LogP contribution in [0.25, 0.3) is 0 Å². The molecule has 2 unspecified atom stereocenters. The molecule has 0 bridgehead atoms. The van der Waals surface area contributed by atoms with Crippen molar-refractivity contribution in [1.82, 2.24) is 10.6 Å². The van der Waals surface area contributed by atoms with Crippen molar-refractivity contribution >= 4 is 0 Å². The lowest BCUT2D eigenvalue weighted by molar-refractivity contribution is -0.101. The lowest BCUT2D eigenvalue weighted by atomic mass is 9.64. The number of rotatable bonds is 3. The van der Waals surface area contributed by atoms with Gasteiger partial charge in [0.2, 0.25) is 0 Å². The molecule has 0 spiro atoms. The fourth-order valence-electron chi connectivity index (χ4n) is 2.26. The molecule has 1 heterocycles. The third-order valence-electron chi connectivity index (χ3n) is 3.68. The number of nitrogens with one attached hydrogen (secondary N) is 2. The van der Waals surface area contributed by atoms with Gasteiger partial charge in [-0.15, -0.1) is 0 Å². The van der Waals surface area contributed by atoms with E-state index in [1.807, 2.05) is 7.11 Å². The highest BCUT2D eigenvalue weighted by molar-refractivity contribution is 5.04. The highest BCUT2D eigenvalue weighted by atomic mass is 16.5. The largest absolute Gasteiger partial charge is 0.381 e. The standard InChI is InChI=1S/C10H20N2O/c1-10(2)8(4-9(10)13-3)12-7-5-11-6-7/h7-9,11-12H,4-6H2,1-3H3. The van der Waals surface area contributed by atoms with Gasteiger partial charge in [0.25, 0.3) is 0 Å². The van der Waals surface area contributed by atoms with Crippen molar-refractivity contribution in [3.63, 3.8) is 0 Å². The first-order valence-corrected chi connectivity index (χ1v) is 5.14. The molecule has 2 atom stereocenters. The van der Waals surface area contributed by atoms with Gasteiger partial charge in [-0.1, -0.05) is 13.8 Å². The van der Waals surface area contributed by atoms with Crippen molar-refractivity contribution in [2.75, 3.05) is 20.2 Å². The molecule has 2 rings (SSSR count). The molecule has 1 aliphatic heterocycles. The maximum absolute atomic E-state index is 5.41. The third kappa shape index (κ3) is 1.49. The summed E-state index contributed by atoms with van der Waals surface area (Å²) in [5, 5.41) is 6.94. The number of methoxy groups -OCH3 is 1. The Balaban J connectivity index is 1.82. The monoisotopic (exact) mass is 184 g/mol. The average molecular weight is 184 g/mol. The van der Waals surface area contributed by atoms with Crippen LogP contribution in [0.15, 0.2) is 0 Å². The molecule has 1 saturated carbocycles. The van der Waals surface area contributed by atoms with Gasteiger partial charge in [0.05, 0.1) is 6.10 Å². The molecular formula is C10H20N2O. The van der Waals surface area contributed by atoms with Gasteiger partial charge < -0.3 is 15.4 Å². The fraction of sp³-hybridized carbons (Fsp3) is 1.00. The summed E-state index contributed by atoms with van der Waals surface area (Å²) in [6.45, 7) is 6.83. The van der Waals surface area contributed by atoms with Crippen LogP contribution in [0.4, 0.5) is 0 Å². The van der Waals surface area contributed by atoms with E-state index in [0.717, 1.165) is 13.1 Å². The molecule has 2 aliphatic rings. The average Bonchev–Trinajstić information content (AvgIpc) is 2.00. The van der Waals surface area contributed by atoms with Gasteiger partial charge in [-0.05, 0) is 6.42 Å². The van der Waals surface area contributed by atoms with Crippen LogP contribution in [-0.4, -0.2) is 38.4 Å². The first kappa shape index (κ1) is 9.44. The molecule has 2 N–H and O–H groups in total. The fourth-order valence-corrected chi connectivity index (χ4v) is 2.26. The quantitative estimate of drug-likeness (QED) is 0.664. The number of hydrogen-bond donors (Lipinski definition) is 2. The molecule has 13 heavy (non-hydrogen) atoms. The van der Waals surface area contributed by atoms with Crippen LogP contribution in [0.3, 0.4) is 0 Å². The molecule has 0 amide bonds. The summed E-state index contributed by atoms with van der Waals surface area (Å²) >= 11 is 0. The number of ether oxygens (including phenoxy) is 1.